The van der Waals surface area contributed by atoms with Gasteiger partial charge in [0, 0.05) is 12.0 Å². The lowest BCUT2D eigenvalue weighted by molar-refractivity contribution is 0.354. The van der Waals surface area contributed by atoms with Crippen molar-refractivity contribution in [1.29, 1.82) is 0 Å². The summed E-state index contributed by atoms with van der Waals surface area (Å²) in [7, 11) is 3.01. The van der Waals surface area contributed by atoms with Gasteiger partial charge in [-0.05, 0) is 42.3 Å². The Balaban J connectivity index is 2.33. The number of halogens is 3. The molecule has 2 rings (SSSR count). The van der Waals surface area contributed by atoms with Gasteiger partial charge < -0.3 is 15.2 Å². The van der Waals surface area contributed by atoms with Gasteiger partial charge >= 0.3 is 0 Å². The monoisotopic (exact) mass is 341 g/mol. The summed E-state index contributed by atoms with van der Waals surface area (Å²) < 4.78 is 37.5. The molecule has 0 aromatic heterocycles. The molecule has 0 spiro atoms. The van der Waals surface area contributed by atoms with Crippen molar-refractivity contribution in [2.24, 2.45) is 5.73 Å². The van der Waals surface area contributed by atoms with Crippen molar-refractivity contribution in [1.82, 2.24) is 0 Å². The van der Waals surface area contributed by atoms with Crippen LogP contribution in [0.25, 0.3) is 0 Å². The van der Waals surface area contributed by atoms with Gasteiger partial charge in [-0.15, -0.1) is 0 Å². The number of hydrogen-bond donors (Lipinski definition) is 1. The average molecular weight is 342 g/mol. The van der Waals surface area contributed by atoms with Gasteiger partial charge in [-0.3, -0.25) is 0 Å². The molecule has 0 saturated carbocycles. The van der Waals surface area contributed by atoms with Crippen molar-refractivity contribution in [3.05, 3.63) is 58.1 Å². The Bertz CT molecular complexity index is 695. The first-order valence-corrected chi connectivity index (χ1v) is 7.43. The van der Waals surface area contributed by atoms with Gasteiger partial charge in [0.1, 0.15) is 11.6 Å². The van der Waals surface area contributed by atoms with Crippen LogP contribution in [0.3, 0.4) is 0 Å². The maximum absolute atomic E-state index is 14.0. The second-order valence-corrected chi connectivity index (χ2v) is 5.52. The lowest BCUT2D eigenvalue weighted by Gasteiger charge is -2.18. The van der Waals surface area contributed by atoms with Gasteiger partial charge in [0.05, 0.1) is 19.2 Å². The third-order valence-electron chi connectivity index (χ3n) is 3.66. The highest BCUT2D eigenvalue weighted by molar-refractivity contribution is 6.32. The first-order chi connectivity index (χ1) is 11.0. The molecule has 0 aliphatic rings. The van der Waals surface area contributed by atoms with Crippen LogP contribution in [0.1, 0.15) is 17.0 Å². The topological polar surface area (TPSA) is 44.5 Å². The van der Waals surface area contributed by atoms with Gasteiger partial charge in [0.15, 0.2) is 11.5 Å². The number of nitrogens with two attached hydrogens (primary N) is 1. The number of rotatable bonds is 6. The zero-order valence-corrected chi connectivity index (χ0v) is 13.7. The zero-order valence-electron chi connectivity index (χ0n) is 12.9. The predicted molar refractivity (Wildman–Crippen MR) is 86.4 cm³/mol. The van der Waals surface area contributed by atoms with Crippen molar-refractivity contribution >= 4 is 11.6 Å². The minimum Gasteiger partial charge on any atom is -0.493 e. The van der Waals surface area contributed by atoms with Crippen LogP contribution in [-0.4, -0.2) is 20.8 Å². The third-order valence-corrected chi connectivity index (χ3v) is 3.94. The Morgan fingerprint density at radius 2 is 1.87 bits per heavy atom. The smallest absolute Gasteiger partial charge is 0.179 e. The summed E-state index contributed by atoms with van der Waals surface area (Å²) in [4.78, 5) is 0. The molecule has 0 radical (unpaired) electrons. The van der Waals surface area contributed by atoms with E-state index >= 15 is 0 Å². The highest BCUT2D eigenvalue weighted by Gasteiger charge is 2.18. The zero-order chi connectivity index (χ0) is 17.0. The van der Waals surface area contributed by atoms with Crippen LogP contribution in [0.5, 0.6) is 11.5 Å². The summed E-state index contributed by atoms with van der Waals surface area (Å²) in [6, 6.07) is 7.01. The molecule has 23 heavy (non-hydrogen) atoms. The number of methoxy groups -OCH3 is 2. The number of benzene rings is 2. The molecule has 0 heterocycles. The maximum Gasteiger partial charge on any atom is 0.179 e. The molecule has 1 atom stereocenters. The Morgan fingerprint density at radius 3 is 2.43 bits per heavy atom. The van der Waals surface area contributed by atoms with E-state index in [-0.39, 0.29) is 12.5 Å². The number of hydrogen-bond acceptors (Lipinski definition) is 3. The fourth-order valence-electron chi connectivity index (χ4n) is 2.53. The SMILES string of the molecule is COc1cc(CC(CN)c2ccc(F)cc2F)cc(Cl)c1OC. The lowest BCUT2D eigenvalue weighted by atomic mass is 9.91. The molecule has 0 fully saturated rings. The van der Waals surface area contributed by atoms with Crippen molar-refractivity contribution in [3.8, 4) is 11.5 Å². The molecule has 6 heteroatoms. The van der Waals surface area contributed by atoms with Crippen LogP contribution in [0, 0.1) is 11.6 Å². The fraction of sp³-hybridized carbons (Fsp3) is 0.294. The summed E-state index contributed by atoms with van der Waals surface area (Å²) in [6.07, 6.45) is 0.444. The highest BCUT2D eigenvalue weighted by Crippen LogP contribution is 2.37. The highest BCUT2D eigenvalue weighted by atomic mass is 35.5. The van der Waals surface area contributed by atoms with Crippen LogP contribution in [0.2, 0.25) is 5.02 Å². The fourth-order valence-corrected chi connectivity index (χ4v) is 2.84. The van der Waals surface area contributed by atoms with E-state index in [1.54, 1.807) is 12.1 Å². The van der Waals surface area contributed by atoms with Crippen molar-refractivity contribution in [2.45, 2.75) is 12.3 Å². The van der Waals surface area contributed by atoms with Gasteiger partial charge in [-0.2, -0.15) is 0 Å². The minimum atomic E-state index is -0.615. The van der Waals surface area contributed by atoms with Crippen molar-refractivity contribution in [2.75, 3.05) is 20.8 Å². The van der Waals surface area contributed by atoms with Gasteiger partial charge in [-0.25, -0.2) is 8.78 Å². The molecule has 2 aromatic carbocycles. The second-order valence-electron chi connectivity index (χ2n) is 5.12. The first kappa shape index (κ1) is 17.5. The van der Waals surface area contributed by atoms with Crippen molar-refractivity contribution < 1.29 is 18.3 Å². The van der Waals surface area contributed by atoms with Gasteiger partial charge in [0.25, 0.3) is 0 Å². The van der Waals surface area contributed by atoms with Crippen LogP contribution < -0.4 is 15.2 Å². The van der Waals surface area contributed by atoms with Gasteiger partial charge in [0.2, 0.25) is 0 Å². The first-order valence-electron chi connectivity index (χ1n) is 7.05. The standard InChI is InChI=1S/C17H18ClF2NO2/c1-22-16-7-10(6-14(18)17(16)23-2)5-11(9-21)13-4-3-12(19)8-15(13)20/h3-4,6-8,11H,5,9,21H2,1-2H3. The van der Waals surface area contributed by atoms with E-state index in [1.807, 2.05) is 0 Å². The molecule has 0 saturated heterocycles. The molecular formula is C17H18ClF2NO2. The summed E-state index contributed by atoms with van der Waals surface area (Å²) in [5.41, 5.74) is 6.98. The second kappa shape index (κ2) is 7.62. The third kappa shape index (κ3) is 3.92. The molecule has 1 unspecified atom stereocenters. The Morgan fingerprint density at radius 1 is 1.13 bits per heavy atom. The van der Waals surface area contributed by atoms with Crippen LogP contribution in [0.4, 0.5) is 8.78 Å². The van der Waals surface area contributed by atoms with E-state index in [0.717, 1.165) is 11.6 Å². The van der Waals surface area contributed by atoms with Crippen LogP contribution >= 0.6 is 11.6 Å². The molecule has 3 nitrogen and oxygen atoms in total. The lowest BCUT2D eigenvalue weighted by Crippen LogP contribution is -2.16. The normalized spacial score (nSPS) is 12.1. The Kier molecular flexibility index (Phi) is 5.80. The van der Waals surface area contributed by atoms with E-state index in [0.29, 0.717) is 28.5 Å². The summed E-state index contributed by atoms with van der Waals surface area (Å²) in [6.45, 7) is 0.217. The summed E-state index contributed by atoms with van der Waals surface area (Å²) >= 11 is 6.18. The van der Waals surface area contributed by atoms with E-state index < -0.39 is 11.6 Å². The quantitative estimate of drug-likeness (QED) is 0.866. The molecular weight excluding hydrogens is 324 g/mol. The maximum atomic E-state index is 14.0. The molecule has 2 N–H and O–H groups in total. The van der Waals surface area contributed by atoms with Crippen LogP contribution in [0.15, 0.2) is 30.3 Å². The van der Waals surface area contributed by atoms with Crippen molar-refractivity contribution in [3.63, 3.8) is 0 Å². The Labute approximate surface area is 139 Å². The molecule has 2 aromatic rings. The molecule has 124 valence electrons. The van der Waals surface area contributed by atoms with E-state index in [4.69, 9.17) is 26.8 Å². The summed E-state index contributed by atoms with van der Waals surface area (Å²) in [5.74, 6) is -0.589. The molecule has 0 bridgehead atoms. The minimum absolute atomic E-state index is 0.217. The van der Waals surface area contributed by atoms with Gasteiger partial charge in [-0.1, -0.05) is 17.7 Å². The summed E-state index contributed by atoms with van der Waals surface area (Å²) in [5, 5.41) is 0.400. The number of ether oxygens (including phenoxy) is 2. The van der Waals surface area contributed by atoms with Crippen LogP contribution in [-0.2, 0) is 6.42 Å². The predicted octanol–water partition coefficient (Wildman–Crippen LogP) is 3.92. The largest absolute Gasteiger partial charge is 0.493 e. The molecule has 0 aliphatic carbocycles. The molecule has 0 amide bonds. The Hall–Kier alpha value is -1.85. The average Bonchev–Trinajstić information content (AvgIpc) is 2.52. The molecule has 0 aliphatic heterocycles. The van der Waals surface area contributed by atoms with E-state index in [9.17, 15) is 8.78 Å². The van der Waals surface area contributed by atoms with E-state index in [2.05, 4.69) is 0 Å². The van der Waals surface area contributed by atoms with E-state index in [1.165, 1.54) is 26.4 Å².